The molecule has 2 radical (unpaired) electrons. The van der Waals surface area contributed by atoms with Crippen LogP contribution in [0.25, 0.3) is 0 Å². The number of hydrogen-bond donors (Lipinski definition) is 0. The molecule has 0 aliphatic heterocycles. The first-order valence-corrected chi connectivity index (χ1v) is 8.48. The van der Waals surface area contributed by atoms with Gasteiger partial charge in [-0.1, -0.05) is 0 Å². The van der Waals surface area contributed by atoms with Gasteiger partial charge in [-0.05, 0) is 0 Å². The molecule has 2 rings (SSSR count). The van der Waals surface area contributed by atoms with Crippen molar-refractivity contribution in [3.8, 4) is 34.5 Å². The fourth-order valence-electron chi connectivity index (χ4n) is 2.38. The van der Waals surface area contributed by atoms with Crippen molar-refractivity contribution < 1.29 is 28.4 Å². The molecule has 7 heteroatoms. The van der Waals surface area contributed by atoms with Crippen LogP contribution in [0.15, 0.2) is 24.3 Å². The molecule has 0 aliphatic carbocycles. The molecule has 0 bridgehead atoms. The molecule has 0 aliphatic rings. The van der Waals surface area contributed by atoms with Crippen molar-refractivity contribution >= 4 is 19.9 Å². The molecule has 0 heterocycles. The summed E-state index contributed by atoms with van der Waals surface area (Å²) in [5.74, 6) is 4.03. The zero-order valence-electron chi connectivity index (χ0n) is 15.3. The van der Waals surface area contributed by atoms with Crippen LogP contribution in [0.5, 0.6) is 34.5 Å². The lowest BCUT2D eigenvalue weighted by Gasteiger charge is -2.18. The first-order chi connectivity index (χ1) is 12.1. The molecule has 0 aromatic heterocycles. The molecular formula is C18H22O6Si. The second kappa shape index (κ2) is 8.52. The molecule has 6 nitrogen and oxygen atoms in total. The Morgan fingerprint density at radius 1 is 0.480 bits per heavy atom. The zero-order valence-corrected chi connectivity index (χ0v) is 16.3. The van der Waals surface area contributed by atoms with E-state index in [0.717, 1.165) is 10.4 Å². The zero-order chi connectivity index (χ0) is 18.4. The molecule has 134 valence electrons. The standard InChI is InChI=1S/C18H22O6Si/c1-19-11-7-13(21-3)17(14(8-11)22-4)25-18-15(23-5)9-12(20-2)10-16(18)24-6/h7-10H,1-6H3. The highest BCUT2D eigenvalue weighted by Gasteiger charge is 2.21. The van der Waals surface area contributed by atoms with Gasteiger partial charge in [0.05, 0.1) is 42.7 Å². The van der Waals surface area contributed by atoms with E-state index in [9.17, 15) is 0 Å². The molecule has 0 saturated heterocycles. The Morgan fingerprint density at radius 2 is 0.760 bits per heavy atom. The van der Waals surface area contributed by atoms with Crippen LogP contribution in [0.4, 0.5) is 0 Å². The Bertz CT molecular complexity index is 620. The summed E-state index contributed by atoms with van der Waals surface area (Å²) in [6.45, 7) is 0. The molecule has 0 saturated carbocycles. The molecule has 0 spiro atoms. The highest BCUT2D eigenvalue weighted by molar-refractivity contribution is 6.70. The lowest BCUT2D eigenvalue weighted by atomic mass is 10.3. The van der Waals surface area contributed by atoms with E-state index in [1.54, 1.807) is 42.7 Å². The van der Waals surface area contributed by atoms with Crippen LogP contribution in [0.2, 0.25) is 0 Å². The van der Waals surface area contributed by atoms with Crippen LogP contribution in [0.3, 0.4) is 0 Å². The van der Waals surface area contributed by atoms with E-state index in [2.05, 4.69) is 0 Å². The SMILES string of the molecule is COc1cc(OC)c([Si]c2c(OC)cc(OC)cc2OC)c(OC)c1. The van der Waals surface area contributed by atoms with Crippen molar-refractivity contribution in [2.24, 2.45) is 0 Å². The Kier molecular flexibility index (Phi) is 6.41. The van der Waals surface area contributed by atoms with Crippen LogP contribution in [-0.2, 0) is 0 Å². The minimum atomic E-state index is 0.184. The van der Waals surface area contributed by atoms with Crippen LogP contribution < -0.4 is 38.8 Å². The van der Waals surface area contributed by atoms with Gasteiger partial charge in [0, 0.05) is 34.6 Å². The predicted octanol–water partition coefficient (Wildman–Crippen LogP) is 1.39. The van der Waals surface area contributed by atoms with Gasteiger partial charge in [0.15, 0.2) is 0 Å². The lowest BCUT2D eigenvalue weighted by molar-refractivity contribution is 0.379. The molecule has 0 amide bonds. The van der Waals surface area contributed by atoms with Gasteiger partial charge in [-0.15, -0.1) is 0 Å². The van der Waals surface area contributed by atoms with Crippen molar-refractivity contribution in [1.29, 1.82) is 0 Å². The smallest absolute Gasteiger partial charge is 0.141 e. The summed E-state index contributed by atoms with van der Waals surface area (Å²) in [6, 6.07) is 7.31. The molecule has 2 aromatic carbocycles. The summed E-state index contributed by atoms with van der Waals surface area (Å²) >= 11 is 0. The van der Waals surface area contributed by atoms with Crippen molar-refractivity contribution in [2.75, 3.05) is 42.7 Å². The Hall–Kier alpha value is -2.54. The number of methoxy groups -OCH3 is 6. The molecule has 2 aromatic rings. The third-order valence-corrected chi connectivity index (χ3v) is 5.17. The van der Waals surface area contributed by atoms with Gasteiger partial charge in [0.1, 0.15) is 44.0 Å². The van der Waals surface area contributed by atoms with Gasteiger partial charge in [-0.25, -0.2) is 0 Å². The van der Waals surface area contributed by atoms with Gasteiger partial charge in [-0.2, -0.15) is 0 Å². The van der Waals surface area contributed by atoms with Gasteiger partial charge in [-0.3, -0.25) is 0 Å². The minimum Gasteiger partial charge on any atom is -0.497 e. The summed E-state index contributed by atoms with van der Waals surface area (Å²) < 4.78 is 32.7. The number of hydrogen-bond acceptors (Lipinski definition) is 6. The van der Waals surface area contributed by atoms with E-state index in [1.807, 2.05) is 24.3 Å². The average molecular weight is 362 g/mol. The highest BCUT2D eigenvalue weighted by atomic mass is 28.2. The monoisotopic (exact) mass is 362 g/mol. The van der Waals surface area contributed by atoms with E-state index in [-0.39, 0.29) is 9.52 Å². The maximum absolute atomic E-state index is 5.54. The van der Waals surface area contributed by atoms with Gasteiger partial charge in [0.25, 0.3) is 0 Å². The second-order valence-corrected chi connectivity index (χ2v) is 6.19. The van der Waals surface area contributed by atoms with E-state index < -0.39 is 0 Å². The van der Waals surface area contributed by atoms with Crippen molar-refractivity contribution in [2.45, 2.75) is 0 Å². The molecule has 0 fully saturated rings. The van der Waals surface area contributed by atoms with Gasteiger partial charge < -0.3 is 28.4 Å². The summed E-state index contributed by atoms with van der Waals surface area (Å²) in [6.07, 6.45) is 0. The summed E-state index contributed by atoms with van der Waals surface area (Å²) in [5, 5.41) is 1.79. The fraction of sp³-hybridized carbons (Fsp3) is 0.333. The number of rotatable bonds is 8. The topological polar surface area (TPSA) is 55.4 Å². The third kappa shape index (κ3) is 3.93. The third-order valence-electron chi connectivity index (χ3n) is 3.68. The van der Waals surface area contributed by atoms with Crippen molar-refractivity contribution in [3.63, 3.8) is 0 Å². The highest BCUT2D eigenvalue weighted by Crippen LogP contribution is 2.28. The summed E-state index contributed by atoms with van der Waals surface area (Å²) in [7, 11) is 9.85. The number of benzene rings is 2. The molecule has 25 heavy (non-hydrogen) atoms. The van der Waals surface area contributed by atoms with Crippen molar-refractivity contribution in [1.82, 2.24) is 0 Å². The predicted molar refractivity (Wildman–Crippen MR) is 97.2 cm³/mol. The first kappa shape index (κ1) is 18.8. The van der Waals surface area contributed by atoms with E-state index in [4.69, 9.17) is 28.4 Å². The van der Waals surface area contributed by atoms with Crippen LogP contribution in [-0.4, -0.2) is 52.2 Å². The molecule has 0 atom stereocenters. The Balaban J connectivity index is 2.59. The maximum Gasteiger partial charge on any atom is 0.141 e. The van der Waals surface area contributed by atoms with E-state index in [0.29, 0.717) is 34.5 Å². The van der Waals surface area contributed by atoms with E-state index >= 15 is 0 Å². The quantitative estimate of drug-likeness (QED) is 0.662. The van der Waals surface area contributed by atoms with Crippen molar-refractivity contribution in [3.05, 3.63) is 24.3 Å². The largest absolute Gasteiger partial charge is 0.497 e. The van der Waals surface area contributed by atoms with Crippen LogP contribution in [0.1, 0.15) is 0 Å². The Morgan fingerprint density at radius 3 is 0.960 bits per heavy atom. The van der Waals surface area contributed by atoms with Crippen LogP contribution >= 0.6 is 0 Å². The molecular weight excluding hydrogens is 340 g/mol. The maximum atomic E-state index is 5.54. The summed E-state index contributed by atoms with van der Waals surface area (Å²) in [4.78, 5) is 0. The van der Waals surface area contributed by atoms with Gasteiger partial charge >= 0.3 is 0 Å². The van der Waals surface area contributed by atoms with E-state index in [1.165, 1.54) is 0 Å². The first-order valence-electron chi connectivity index (χ1n) is 7.48. The van der Waals surface area contributed by atoms with Crippen LogP contribution in [0, 0.1) is 0 Å². The normalized spacial score (nSPS) is 10.2. The minimum absolute atomic E-state index is 0.184. The van der Waals surface area contributed by atoms with Gasteiger partial charge in [0.2, 0.25) is 0 Å². The number of ether oxygens (including phenoxy) is 6. The summed E-state index contributed by atoms with van der Waals surface area (Å²) in [5.41, 5.74) is 0. The molecule has 0 unspecified atom stereocenters. The molecule has 0 N–H and O–H groups in total. The fourth-order valence-corrected chi connectivity index (χ4v) is 3.82. The second-order valence-electron chi connectivity index (χ2n) is 4.94. The Labute approximate surface area is 150 Å². The lowest BCUT2D eigenvalue weighted by Crippen LogP contribution is -2.32. The average Bonchev–Trinajstić information content (AvgIpc) is 2.67.